The van der Waals surface area contributed by atoms with Crippen molar-refractivity contribution in [2.24, 2.45) is 0 Å². The lowest BCUT2D eigenvalue weighted by Crippen LogP contribution is -1.98. The highest BCUT2D eigenvalue weighted by molar-refractivity contribution is 5.61. The highest BCUT2D eigenvalue weighted by atomic mass is 16.1. The van der Waals surface area contributed by atoms with Crippen molar-refractivity contribution in [1.82, 2.24) is 0 Å². The molecule has 0 aliphatic heterocycles. The van der Waals surface area contributed by atoms with Crippen LogP contribution in [0, 0.1) is 0 Å². The average molecular weight is 190 g/mol. The lowest BCUT2D eigenvalue weighted by atomic mass is 9.95. The first-order valence-corrected chi connectivity index (χ1v) is 5.29. The summed E-state index contributed by atoms with van der Waals surface area (Å²) in [5.41, 5.74) is 3.90. The maximum Gasteiger partial charge on any atom is 0.127 e. The Hall–Kier alpha value is -1.11. The van der Waals surface area contributed by atoms with E-state index in [4.69, 9.17) is 0 Å². The topological polar surface area (TPSA) is 17.1 Å². The van der Waals surface area contributed by atoms with Gasteiger partial charge in [0.05, 0.1) is 0 Å². The maximum absolute atomic E-state index is 10.7. The van der Waals surface area contributed by atoms with Crippen LogP contribution in [0.15, 0.2) is 18.2 Å². The summed E-state index contributed by atoms with van der Waals surface area (Å²) in [4.78, 5) is 10.7. The molecule has 1 unspecified atom stereocenters. The van der Waals surface area contributed by atoms with Crippen molar-refractivity contribution < 1.29 is 4.79 Å². The molecule has 14 heavy (non-hydrogen) atoms. The van der Waals surface area contributed by atoms with Crippen molar-refractivity contribution in [2.45, 2.75) is 39.5 Å². The number of carbonyl (C=O) groups is 1. The molecule has 0 saturated carbocycles. The number of hydrogen-bond donors (Lipinski definition) is 0. The monoisotopic (exact) mass is 190 g/mol. The lowest BCUT2D eigenvalue weighted by Gasteiger charge is -2.10. The van der Waals surface area contributed by atoms with Gasteiger partial charge in [-0.05, 0) is 29.5 Å². The summed E-state index contributed by atoms with van der Waals surface area (Å²) in [5.74, 6) is 0.0196. The number of benzene rings is 1. The molecule has 1 nitrogen and oxygen atoms in total. The summed E-state index contributed by atoms with van der Waals surface area (Å²) in [6.45, 7) is 6.26. The highest BCUT2D eigenvalue weighted by Gasteiger charge is 2.06. The smallest absolute Gasteiger partial charge is 0.127 e. The minimum absolute atomic E-state index is 0.0196. The van der Waals surface area contributed by atoms with E-state index >= 15 is 0 Å². The first-order chi connectivity index (χ1) is 6.72. The fraction of sp³-hybridized carbons (Fsp3) is 0.462. The van der Waals surface area contributed by atoms with E-state index < -0.39 is 0 Å². The number of carbonyl (C=O) groups excluding carboxylic acids is 1. The molecule has 76 valence electrons. The molecular formula is C13H18O. The number of hydrogen-bond acceptors (Lipinski definition) is 1. The Morgan fingerprint density at radius 3 is 2.36 bits per heavy atom. The summed E-state index contributed by atoms with van der Waals surface area (Å²) >= 11 is 0. The molecular weight excluding hydrogens is 172 g/mol. The van der Waals surface area contributed by atoms with Gasteiger partial charge >= 0.3 is 0 Å². The fourth-order valence-corrected chi connectivity index (χ4v) is 1.68. The molecule has 1 atom stereocenters. The normalized spacial score (nSPS) is 12.5. The molecule has 1 rings (SSSR count). The van der Waals surface area contributed by atoms with Crippen LogP contribution in [-0.2, 0) is 17.6 Å². The molecule has 1 heteroatoms. The maximum atomic E-state index is 10.7. The predicted molar refractivity (Wildman–Crippen MR) is 59.7 cm³/mol. The molecule has 0 spiro atoms. The minimum Gasteiger partial charge on any atom is -0.303 e. The van der Waals surface area contributed by atoms with Crippen molar-refractivity contribution in [3.8, 4) is 0 Å². The number of rotatable bonds is 4. The van der Waals surface area contributed by atoms with Crippen LogP contribution in [0.2, 0.25) is 0 Å². The molecule has 0 fully saturated rings. The highest BCUT2D eigenvalue weighted by Crippen LogP contribution is 2.19. The third-order valence-corrected chi connectivity index (χ3v) is 2.72. The molecule has 1 aromatic rings. The van der Waals surface area contributed by atoms with Gasteiger partial charge in [0.25, 0.3) is 0 Å². The van der Waals surface area contributed by atoms with E-state index in [9.17, 15) is 4.79 Å². The fourth-order valence-electron chi connectivity index (χ4n) is 1.68. The number of aryl methyl sites for hydroxylation is 2. The Balaban J connectivity index is 3.06. The van der Waals surface area contributed by atoms with Crippen LogP contribution in [0.5, 0.6) is 0 Å². The van der Waals surface area contributed by atoms with Gasteiger partial charge in [-0.1, -0.05) is 39.0 Å². The van der Waals surface area contributed by atoms with Crippen molar-refractivity contribution in [1.29, 1.82) is 0 Å². The minimum atomic E-state index is 0.0196. The zero-order valence-electron chi connectivity index (χ0n) is 9.21. The van der Waals surface area contributed by atoms with Gasteiger partial charge in [0.15, 0.2) is 0 Å². The van der Waals surface area contributed by atoms with Crippen LogP contribution in [0.3, 0.4) is 0 Å². The summed E-state index contributed by atoms with van der Waals surface area (Å²) < 4.78 is 0. The molecule has 0 aliphatic rings. The lowest BCUT2D eigenvalue weighted by molar-refractivity contribution is -0.108. The van der Waals surface area contributed by atoms with Crippen LogP contribution in [-0.4, -0.2) is 6.29 Å². The van der Waals surface area contributed by atoms with Gasteiger partial charge in [-0.2, -0.15) is 0 Å². The van der Waals surface area contributed by atoms with E-state index in [1.807, 2.05) is 6.92 Å². The largest absolute Gasteiger partial charge is 0.303 e. The van der Waals surface area contributed by atoms with Crippen molar-refractivity contribution in [2.75, 3.05) is 0 Å². The molecule has 0 heterocycles. The van der Waals surface area contributed by atoms with E-state index in [-0.39, 0.29) is 5.92 Å². The molecule has 0 bridgehead atoms. The second-order valence-electron chi connectivity index (χ2n) is 3.66. The Morgan fingerprint density at radius 1 is 1.21 bits per heavy atom. The van der Waals surface area contributed by atoms with Crippen molar-refractivity contribution >= 4 is 6.29 Å². The Labute approximate surface area is 86.1 Å². The van der Waals surface area contributed by atoms with Crippen LogP contribution >= 0.6 is 0 Å². The molecule has 0 saturated heterocycles. The van der Waals surface area contributed by atoms with E-state index in [1.54, 1.807) is 0 Å². The number of aldehydes is 1. The Kier molecular flexibility index (Phi) is 3.87. The first-order valence-electron chi connectivity index (χ1n) is 5.29. The van der Waals surface area contributed by atoms with Crippen molar-refractivity contribution in [3.05, 3.63) is 34.9 Å². The van der Waals surface area contributed by atoms with Gasteiger partial charge in [0.2, 0.25) is 0 Å². The zero-order valence-corrected chi connectivity index (χ0v) is 9.21. The summed E-state index contributed by atoms with van der Waals surface area (Å²) in [7, 11) is 0. The molecule has 0 aromatic heterocycles. The van der Waals surface area contributed by atoms with Crippen LogP contribution in [0.1, 0.15) is 43.4 Å². The Morgan fingerprint density at radius 2 is 1.86 bits per heavy atom. The molecule has 1 aromatic carbocycles. The second kappa shape index (κ2) is 4.94. The summed E-state index contributed by atoms with van der Waals surface area (Å²) in [6.07, 6.45) is 3.11. The summed E-state index contributed by atoms with van der Waals surface area (Å²) in [5, 5.41) is 0. The Bertz CT molecular complexity index is 315. The van der Waals surface area contributed by atoms with Gasteiger partial charge < -0.3 is 4.79 Å². The summed E-state index contributed by atoms with van der Waals surface area (Å²) in [6, 6.07) is 6.38. The average Bonchev–Trinajstić information content (AvgIpc) is 2.26. The zero-order chi connectivity index (χ0) is 10.6. The van der Waals surface area contributed by atoms with E-state index in [1.165, 1.54) is 11.1 Å². The third kappa shape index (κ3) is 2.22. The third-order valence-electron chi connectivity index (χ3n) is 2.72. The molecule has 0 aliphatic carbocycles. The van der Waals surface area contributed by atoms with Gasteiger partial charge in [-0.15, -0.1) is 0 Å². The van der Waals surface area contributed by atoms with Crippen LogP contribution in [0.25, 0.3) is 0 Å². The second-order valence-corrected chi connectivity index (χ2v) is 3.66. The van der Waals surface area contributed by atoms with E-state index in [2.05, 4.69) is 32.0 Å². The van der Waals surface area contributed by atoms with Crippen LogP contribution in [0.4, 0.5) is 0 Å². The van der Waals surface area contributed by atoms with Crippen LogP contribution < -0.4 is 0 Å². The predicted octanol–water partition coefficient (Wildman–Crippen LogP) is 3.11. The molecule has 0 radical (unpaired) electrons. The van der Waals surface area contributed by atoms with Gasteiger partial charge in [-0.3, -0.25) is 0 Å². The van der Waals surface area contributed by atoms with E-state index in [0.717, 1.165) is 24.7 Å². The van der Waals surface area contributed by atoms with Gasteiger partial charge in [0, 0.05) is 5.92 Å². The van der Waals surface area contributed by atoms with E-state index in [0.29, 0.717) is 0 Å². The van der Waals surface area contributed by atoms with Gasteiger partial charge in [0.1, 0.15) is 6.29 Å². The standard InChI is InChI=1S/C13H18O/c1-4-11-6-7-13(10(3)9-14)8-12(11)5-2/h6-10H,4-5H2,1-3H3. The van der Waals surface area contributed by atoms with Crippen molar-refractivity contribution in [3.63, 3.8) is 0 Å². The SMILES string of the molecule is CCc1ccc(C(C)C=O)cc1CC. The molecule has 0 amide bonds. The van der Waals surface area contributed by atoms with Gasteiger partial charge in [-0.25, -0.2) is 0 Å². The molecule has 0 N–H and O–H groups in total. The first kappa shape index (κ1) is 11.0. The quantitative estimate of drug-likeness (QED) is 0.667.